The molecule has 0 unspecified atom stereocenters. The molecular weight excluding hydrogens is 290 g/mol. The lowest BCUT2D eigenvalue weighted by atomic mass is 9.90. The summed E-state index contributed by atoms with van der Waals surface area (Å²) in [6.45, 7) is 3.96. The van der Waals surface area contributed by atoms with Gasteiger partial charge in [-0.1, -0.05) is 0 Å². The van der Waals surface area contributed by atoms with Gasteiger partial charge in [0.1, 0.15) is 0 Å². The highest BCUT2D eigenvalue weighted by atomic mass is 16.5. The summed E-state index contributed by atoms with van der Waals surface area (Å²) >= 11 is 0. The predicted octanol–water partition coefficient (Wildman–Crippen LogP) is 2.29. The fourth-order valence-corrected chi connectivity index (χ4v) is 3.27. The Morgan fingerprint density at radius 2 is 2.04 bits per heavy atom. The second kappa shape index (κ2) is 6.87. The van der Waals surface area contributed by atoms with Crippen molar-refractivity contribution in [1.82, 2.24) is 14.9 Å². The maximum Gasteiger partial charge on any atom is 0.254 e. The van der Waals surface area contributed by atoms with Crippen molar-refractivity contribution in [2.24, 2.45) is 5.92 Å². The molecule has 1 aliphatic rings. The van der Waals surface area contributed by atoms with E-state index in [1.165, 1.54) is 5.56 Å². The van der Waals surface area contributed by atoms with Crippen LogP contribution >= 0.6 is 0 Å². The van der Waals surface area contributed by atoms with Gasteiger partial charge in [-0.2, -0.15) is 0 Å². The monoisotopic (exact) mass is 311 g/mol. The van der Waals surface area contributed by atoms with E-state index in [0.717, 1.165) is 5.69 Å². The number of methoxy groups -OCH3 is 1. The number of aromatic nitrogens is 2. The first-order valence-corrected chi connectivity index (χ1v) is 7.80. The molecule has 5 heteroatoms. The van der Waals surface area contributed by atoms with E-state index in [1.54, 1.807) is 31.8 Å². The summed E-state index contributed by atoms with van der Waals surface area (Å²) in [4.78, 5) is 22.9. The van der Waals surface area contributed by atoms with Gasteiger partial charge in [-0.05, 0) is 36.8 Å². The van der Waals surface area contributed by atoms with Crippen molar-refractivity contribution in [3.05, 3.63) is 59.7 Å². The van der Waals surface area contributed by atoms with Gasteiger partial charge in [0.25, 0.3) is 5.91 Å². The van der Waals surface area contributed by atoms with Gasteiger partial charge in [-0.25, -0.2) is 0 Å². The van der Waals surface area contributed by atoms with Crippen LogP contribution in [-0.4, -0.2) is 47.6 Å². The largest absolute Gasteiger partial charge is 0.384 e. The van der Waals surface area contributed by atoms with E-state index in [0.29, 0.717) is 31.2 Å². The molecule has 0 aromatic carbocycles. The van der Waals surface area contributed by atoms with Crippen LogP contribution in [0.4, 0.5) is 0 Å². The van der Waals surface area contributed by atoms with Gasteiger partial charge in [0.15, 0.2) is 0 Å². The number of amides is 1. The molecular formula is C18H21N3O2. The van der Waals surface area contributed by atoms with E-state index in [-0.39, 0.29) is 11.8 Å². The standard InChI is InChI=1S/C18H21N3O2/c1-13-9-15(5-8-20-13)18(22)21-10-16(12-23-2)17(11-21)14-3-6-19-7-4-14/h3-9,16-17H,10-12H2,1-2H3/t16-,17-/m0/s1. The molecule has 1 fully saturated rings. The highest BCUT2D eigenvalue weighted by molar-refractivity contribution is 5.94. The zero-order valence-corrected chi connectivity index (χ0v) is 13.5. The van der Waals surface area contributed by atoms with E-state index in [1.807, 2.05) is 30.0 Å². The first-order chi connectivity index (χ1) is 11.2. The number of carbonyl (C=O) groups excluding carboxylic acids is 1. The lowest BCUT2D eigenvalue weighted by Crippen LogP contribution is -2.29. The minimum Gasteiger partial charge on any atom is -0.384 e. The molecule has 0 saturated carbocycles. The third kappa shape index (κ3) is 3.40. The Morgan fingerprint density at radius 3 is 2.74 bits per heavy atom. The van der Waals surface area contributed by atoms with E-state index < -0.39 is 0 Å². The van der Waals surface area contributed by atoms with Gasteiger partial charge in [-0.3, -0.25) is 14.8 Å². The molecule has 0 bridgehead atoms. The highest BCUT2D eigenvalue weighted by Crippen LogP contribution is 2.33. The van der Waals surface area contributed by atoms with E-state index in [2.05, 4.69) is 9.97 Å². The van der Waals surface area contributed by atoms with Crippen LogP contribution in [0.1, 0.15) is 27.5 Å². The second-order valence-corrected chi connectivity index (χ2v) is 6.00. The molecule has 5 nitrogen and oxygen atoms in total. The average Bonchev–Trinajstić information content (AvgIpc) is 2.99. The number of nitrogens with zero attached hydrogens (tertiary/aromatic N) is 3. The molecule has 23 heavy (non-hydrogen) atoms. The molecule has 3 heterocycles. The number of aryl methyl sites for hydroxylation is 1. The van der Waals surface area contributed by atoms with Crippen molar-refractivity contribution in [2.45, 2.75) is 12.8 Å². The Hall–Kier alpha value is -2.27. The van der Waals surface area contributed by atoms with E-state index in [9.17, 15) is 4.79 Å². The first-order valence-electron chi connectivity index (χ1n) is 7.80. The minimum atomic E-state index is 0.0631. The van der Waals surface area contributed by atoms with Gasteiger partial charge < -0.3 is 9.64 Å². The van der Waals surface area contributed by atoms with Gasteiger partial charge in [0.2, 0.25) is 0 Å². The normalized spacial score (nSPS) is 20.7. The molecule has 0 aliphatic carbocycles. The summed E-state index contributed by atoms with van der Waals surface area (Å²) in [5.41, 5.74) is 2.77. The highest BCUT2D eigenvalue weighted by Gasteiger charge is 2.36. The molecule has 0 N–H and O–H groups in total. The van der Waals surface area contributed by atoms with Crippen molar-refractivity contribution in [2.75, 3.05) is 26.8 Å². The summed E-state index contributed by atoms with van der Waals surface area (Å²) in [5.74, 6) is 0.646. The van der Waals surface area contributed by atoms with Gasteiger partial charge >= 0.3 is 0 Å². The maximum absolute atomic E-state index is 12.8. The molecule has 1 aliphatic heterocycles. The molecule has 2 aromatic rings. The molecule has 3 rings (SSSR count). The lowest BCUT2D eigenvalue weighted by molar-refractivity contribution is 0.0775. The van der Waals surface area contributed by atoms with Crippen molar-refractivity contribution < 1.29 is 9.53 Å². The van der Waals surface area contributed by atoms with E-state index in [4.69, 9.17) is 4.74 Å². The number of likely N-dealkylation sites (tertiary alicyclic amines) is 1. The molecule has 1 amide bonds. The van der Waals surface area contributed by atoms with Gasteiger partial charge in [-0.15, -0.1) is 0 Å². The molecule has 1 saturated heterocycles. The summed E-state index contributed by atoms with van der Waals surface area (Å²) in [6.07, 6.45) is 5.29. The van der Waals surface area contributed by atoms with Crippen LogP contribution in [0.3, 0.4) is 0 Å². The molecule has 0 radical (unpaired) electrons. The molecule has 2 aromatic heterocycles. The lowest BCUT2D eigenvalue weighted by Gasteiger charge is -2.17. The quantitative estimate of drug-likeness (QED) is 0.869. The zero-order chi connectivity index (χ0) is 16.2. The smallest absolute Gasteiger partial charge is 0.254 e. The summed E-state index contributed by atoms with van der Waals surface area (Å²) < 4.78 is 5.37. The third-order valence-corrected chi connectivity index (χ3v) is 4.39. The Balaban J connectivity index is 1.81. The van der Waals surface area contributed by atoms with Crippen molar-refractivity contribution >= 4 is 5.91 Å². The fourth-order valence-electron chi connectivity index (χ4n) is 3.27. The maximum atomic E-state index is 12.8. The van der Waals surface area contributed by atoms with Crippen LogP contribution in [0.25, 0.3) is 0 Å². The number of hydrogen-bond donors (Lipinski definition) is 0. The molecule has 120 valence electrons. The van der Waals surface area contributed by atoms with Crippen LogP contribution < -0.4 is 0 Å². The molecule has 0 spiro atoms. The van der Waals surface area contributed by atoms with Crippen molar-refractivity contribution in [3.63, 3.8) is 0 Å². The minimum absolute atomic E-state index is 0.0631. The number of rotatable bonds is 4. The van der Waals surface area contributed by atoms with Gasteiger partial charge in [0, 0.05) is 61.9 Å². The Morgan fingerprint density at radius 1 is 1.26 bits per heavy atom. The second-order valence-electron chi connectivity index (χ2n) is 6.00. The Labute approximate surface area is 136 Å². The van der Waals surface area contributed by atoms with E-state index >= 15 is 0 Å². The SMILES string of the molecule is COC[C@@H]1CN(C(=O)c2ccnc(C)c2)C[C@H]1c1ccncc1. The first kappa shape index (κ1) is 15.6. The summed E-state index contributed by atoms with van der Waals surface area (Å²) in [6, 6.07) is 7.67. The predicted molar refractivity (Wildman–Crippen MR) is 87.2 cm³/mol. The molecule has 2 atom stereocenters. The Kier molecular flexibility index (Phi) is 4.67. The topological polar surface area (TPSA) is 55.3 Å². The van der Waals surface area contributed by atoms with Crippen molar-refractivity contribution in [1.29, 1.82) is 0 Å². The summed E-state index contributed by atoms with van der Waals surface area (Å²) in [7, 11) is 1.71. The van der Waals surface area contributed by atoms with Crippen LogP contribution in [0, 0.1) is 12.8 Å². The fraction of sp³-hybridized carbons (Fsp3) is 0.389. The Bertz CT molecular complexity index is 675. The number of carbonyl (C=O) groups is 1. The third-order valence-electron chi connectivity index (χ3n) is 4.39. The number of ether oxygens (including phenoxy) is 1. The van der Waals surface area contributed by atoms with Gasteiger partial charge in [0.05, 0.1) is 6.61 Å². The van der Waals surface area contributed by atoms with Crippen LogP contribution in [0.15, 0.2) is 42.9 Å². The van der Waals surface area contributed by atoms with Crippen LogP contribution in [-0.2, 0) is 4.74 Å². The number of hydrogen-bond acceptors (Lipinski definition) is 4. The van der Waals surface area contributed by atoms with Crippen molar-refractivity contribution in [3.8, 4) is 0 Å². The zero-order valence-electron chi connectivity index (χ0n) is 13.5. The average molecular weight is 311 g/mol. The van der Waals surface area contributed by atoms with Crippen LogP contribution in [0.2, 0.25) is 0 Å². The summed E-state index contributed by atoms with van der Waals surface area (Å²) in [5, 5.41) is 0. The van der Waals surface area contributed by atoms with Crippen LogP contribution in [0.5, 0.6) is 0 Å². The number of pyridine rings is 2.